The highest BCUT2D eigenvalue weighted by atomic mass is 16.5. The fraction of sp³-hybridized carbons (Fsp3) is 1.00. The lowest BCUT2D eigenvalue weighted by molar-refractivity contribution is 0.0390. The number of nitrogens with zero attached hydrogens (tertiary/aromatic N) is 1. The summed E-state index contributed by atoms with van der Waals surface area (Å²) < 4.78 is 5.51. The van der Waals surface area contributed by atoms with E-state index in [-0.39, 0.29) is 5.54 Å². The largest absolute Gasteiger partial charge is 0.381 e. The summed E-state index contributed by atoms with van der Waals surface area (Å²) in [4.78, 5) is 2.38. The Morgan fingerprint density at radius 2 is 2.06 bits per heavy atom. The molecule has 1 atom stereocenters. The van der Waals surface area contributed by atoms with E-state index in [0.717, 1.165) is 39.1 Å². The van der Waals surface area contributed by atoms with Crippen molar-refractivity contribution in [2.24, 2.45) is 11.7 Å². The maximum Gasteiger partial charge on any atom is 0.0506 e. The Labute approximate surface area is 100 Å². The van der Waals surface area contributed by atoms with E-state index < -0.39 is 0 Å². The molecule has 2 N–H and O–H groups in total. The van der Waals surface area contributed by atoms with Gasteiger partial charge in [-0.1, -0.05) is 13.8 Å². The van der Waals surface area contributed by atoms with Crippen molar-refractivity contribution >= 4 is 0 Å². The van der Waals surface area contributed by atoms with E-state index in [1.54, 1.807) is 0 Å². The number of nitrogens with two attached hydrogens (primary N) is 1. The van der Waals surface area contributed by atoms with Gasteiger partial charge in [0.15, 0.2) is 0 Å². The van der Waals surface area contributed by atoms with E-state index in [4.69, 9.17) is 10.5 Å². The molecule has 0 aromatic rings. The topological polar surface area (TPSA) is 38.5 Å². The molecule has 0 radical (unpaired) electrons. The van der Waals surface area contributed by atoms with Crippen LogP contribution in [0.5, 0.6) is 0 Å². The first-order valence-corrected chi connectivity index (χ1v) is 6.65. The molecule has 1 saturated heterocycles. The molecule has 1 aliphatic heterocycles. The van der Waals surface area contributed by atoms with Gasteiger partial charge in [0, 0.05) is 25.2 Å². The van der Waals surface area contributed by atoms with E-state index in [9.17, 15) is 0 Å². The zero-order valence-electron chi connectivity index (χ0n) is 11.2. The Bertz CT molecular complexity index is 186. The molecule has 1 rings (SSSR count). The molecule has 1 heterocycles. The van der Waals surface area contributed by atoms with Crippen molar-refractivity contribution < 1.29 is 4.74 Å². The summed E-state index contributed by atoms with van der Waals surface area (Å²) in [6, 6.07) is 0. The van der Waals surface area contributed by atoms with Crippen molar-refractivity contribution in [2.75, 3.05) is 33.4 Å². The Balaban J connectivity index is 2.30. The van der Waals surface area contributed by atoms with E-state index in [0.29, 0.717) is 5.92 Å². The maximum atomic E-state index is 6.33. The molecule has 96 valence electrons. The zero-order valence-corrected chi connectivity index (χ0v) is 11.2. The third kappa shape index (κ3) is 4.40. The molecule has 0 bridgehead atoms. The van der Waals surface area contributed by atoms with Gasteiger partial charge in [-0.15, -0.1) is 0 Å². The molecule has 0 saturated carbocycles. The summed E-state index contributed by atoms with van der Waals surface area (Å²) in [6.07, 6.45) is 4.62. The van der Waals surface area contributed by atoms with E-state index in [2.05, 4.69) is 25.8 Å². The second-order valence-electron chi connectivity index (χ2n) is 5.35. The van der Waals surface area contributed by atoms with Gasteiger partial charge in [0.2, 0.25) is 0 Å². The summed E-state index contributed by atoms with van der Waals surface area (Å²) in [6.45, 7) is 8.36. The van der Waals surface area contributed by atoms with E-state index >= 15 is 0 Å². The average Bonchev–Trinajstić information content (AvgIpc) is 2.30. The Morgan fingerprint density at radius 3 is 2.56 bits per heavy atom. The fourth-order valence-corrected chi connectivity index (χ4v) is 2.47. The SMILES string of the molecule is CCC(N)(CC)CN(C)CC1CCCOC1. The third-order valence-electron chi connectivity index (χ3n) is 3.82. The van der Waals surface area contributed by atoms with Crippen molar-refractivity contribution in [1.82, 2.24) is 4.90 Å². The second kappa shape index (κ2) is 6.58. The van der Waals surface area contributed by atoms with Gasteiger partial charge in [0.05, 0.1) is 6.61 Å². The molecular weight excluding hydrogens is 200 g/mol. The normalized spacial score (nSPS) is 22.7. The number of likely N-dealkylation sites (N-methyl/N-ethyl adjacent to an activating group) is 1. The van der Waals surface area contributed by atoms with Crippen LogP contribution in [0.4, 0.5) is 0 Å². The van der Waals surface area contributed by atoms with Crippen molar-refractivity contribution in [3.63, 3.8) is 0 Å². The predicted molar refractivity (Wildman–Crippen MR) is 68.5 cm³/mol. The summed E-state index contributed by atoms with van der Waals surface area (Å²) in [5.41, 5.74) is 6.32. The van der Waals surface area contributed by atoms with E-state index in [1.165, 1.54) is 12.8 Å². The average molecular weight is 228 g/mol. The van der Waals surface area contributed by atoms with Crippen LogP contribution in [0, 0.1) is 5.92 Å². The smallest absolute Gasteiger partial charge is 0.0506 e. The molecule has 0 aromatic carbocycles. The van der Waals surface area contributed by atoms with Gasteiger partial charge in [0.25, 0.3) is 0 Å². The quantitative estimate of drug-likeness (QED) is 0.754. The van der Waals surface area contributed by atoms with Crippen molar-refractivity contribution in [1.29, 1.82) is 0 Å². The van der Waals surface area contributed by atoms with Crippen LogP contribution in [0.1, 0.15) is 39.5 Å². The molecule has 1 fully saturated rings. The highest BCUT2D eigenvalue weighted by molar-refractivity contribution is 4.84. The second-order valence-corrected chi connectivity index (χ2v) is 5.35. The predicted octanol–water partition coefficient (Wildman–Crippen LogP) is 1.86. The van der Waals surface area contributed by atoms with Gasteiger partial charge >= 0.3 is 0 Å². The summed E-state index contributed by atoms with van der Waals surface area (Å²) in [7, 11) is 2.18. The summed E-state index contributed by atoms with van der Waals surface area (Å²) in [5.74, 6) is 0.705. The summed E-state index contributed by atoms with van der Waals surface area (Å²) in [5, 5.41) is 0. The molecule has 3 heteroatoms. The highest BCUT2D eigenvalue weighted by Gasteiger charge is 2.24. The van der Waals surface area contributed by atoms with Gasteiger partial charge in [-0.2, -0.15) is 0 Å². The van der Waals surface area contributed by atoms with Gasteiger partial charge < -0.3 is 15.4 Å². The van der Waals surface area contributed by atoms with Crippen molar-refractivity contribution in [3.05, 3.63) is 0 Å². The van der Waals surface area contributed by atoms with E-state index in [1.807, 2.05) is 0 Å². The third-order valence-corrected chi connectivity index (χ3v) is 3.82. The molecule has 0 spiro atoms. The minimum absolute atomic E-state index is 0.00965. The molecule has 16 heavy (non-hydrogen) atoms. The van der Waals surface area contributed by atoms with Crippen LogP contribution in [-0.2, 0) is 4.74 Å². The monoisotopic (exact) mass is 228 g/mol. The van der Waals surface area contributed by atoms with Crippen LogP contribution < -0.4 is 5.73 Å². The first-order valence-electron chi connectivity index (χ1n) is 6.65. The van der Waals surface area contributed by atoms with Crippen LogP contribution in [0.3, 0.4) is 0 Å². The lowest BCUT2D eigenvalue weighted by Crippen LogP contribution is -2.49. The number of ether oxygens (including phenoxy) is 1. The van der Waals surface area contributed by atoms with Crippen molar-refractivity contribution in [3.8, 4) is 0 Å². The van der Waals surface area contributed by atoms with Crippen LogP contribution in [0.2, 0.25) is 0 Å². The Hall–Kier alpha value is -0.120. The number of rotatable bonds is 6. The van der Waals surface area contributed by atoms with Gasteiger partial charge in [-0.3, -0.25) is 0 Å². The minimum Gasteiger partial charge on any atom is -0.381 e. The first kappa shape index (κ1) is 13.9. The molecule has 1 aliphatic rings. The Morgan fingerprint density at radius 1 is 1.38 bits per heavy atom. The minimum atomic E-state index is -0.00965. The van der Waals surface area contributed by atoms with Gasteiger partial charge in [-0.25, -0.2) is 0 Å². The summed E-state index contributed by atoms with van der Waals surface area (Å²) >= 11 is 0. The van der Waals surface area contributed by atoms with Crippen LogP contribution >= 0.6 is 0 Å². The number of hydrogen-bond acceptors (Lipinski definition) is 3. The standard InChI is InChI=1S/C13H28N2O/c1-4-13(14,5-2)11-15(3)9-12-7-6-8-16-10-12/h12H,4-11,14H2,1-3H3. The zero-order chi connectivity index (χ0) is 12.0. The lowest BCUT2D eigenvalue weighted by atomic mass is 9.93. The molecule has 0 aromatic heterocycles. The van der Waals surface area contributed by atoms with Gasteiger partial charge in [-0.05, 0) is 38.6 Å². The highest BCUT2D eigenvalue weighted by Crippen LogP contribution is 2.17. The molecule has 1 unspecified atom stereocenters. The molecule has 3 nitrogen and oxygen atoms in total. The molecular formula is C13H28N2O. The molecule has 0 aliphatic carbocycles. The first-order chi connectivity index (χ1) is 7.59. The fourth-order valence-electron chi connectivity index (χ4n) is 2.47. The van der Waals surface area contributed by atoms with Gasteiger partial charge in [0.1, 0.15) is 0 Å². The van der Waals surface area contributed by atoms with Crippen molar-refractivity contribution in [2.45, 2.75) is 45.1 Å². The van der Waals surface area contributed by atoms with Crippen LogP contribution in [-0.4, -0.2) is 43.8 Å². The Kier molecular flexibility index (Phi) is 5.73. The number of hydrogen-bond donors (Lipinski definition) is 1. The van der Waals surface area contributed by atoms with Crippen LogP contribution in [0.15, 0.2) is 0 Å². The maximum absolute atomic E-state index is 6.33. The van der Waals surface area contributed by atoms with Crippen LogP contribution in [0.25, 0.3) is 0 Å². The lowest BCUT2D eigenvalue weighted by Gasteiger charge is -2.34. The molecule has 0 amide bonds.